The fourth-order valence-electron chi connectivity index (χ4n) is 1.68. The molecule has 0 fully saturated rings. The fourth-order valence-corrected chi connectivity index (χ4v) is 1.95. The first-order chi connectivity index (χ1) is 8.61. The quantitative estimate of drug-likeness (QED) is 0.946. The number of hydrogen-bond donors (Lipinski definition) is 1. The molecule has 0 atom stereocenters. The van der Waals surface area contributed by atoms with Gasteiger partial charge in [-0.15, -0.1) is 0 Å². The summed E-state index contributed by atoms with van der Waals surface area (Å²) < 4.78 is 2.80. The highest BCUT2D eigenvalue weighted by Crippen LogP contribution is 2.16. The molecule has 1 N–H and O–H groups in total. The van der Waals surface area contributed by atoms with E-state index >= 15 is 0 Å². The fraction of sp³-hybridized carbons (Fsp3) is 0.231. The molecule has 0 aliphatic carbocycles. The number of carbonyl (C=O) groups excluding carboxylic acids is 1. The predicted molar refractivity (Wildman–Crippen MR) is 74.7 cm³/mol. The highest BCUT2D eigenvalue weighted by molar-refractivity contribution is 9.10. The first kappa shape index (κ1) is 12.8. The van der Waals surface area contributed by atoms with Crippen molar-refractivity contribution in [2.24, 2.45) is 0 Å². The van der Waals surface area contributed by atoms with Crippen molar-refractivity contribution in [2.75, 3.05) is 5.32 Å². The van der Waals surface area contributed by atoms with Crippen molar-refractivity contribution < 1.29 is 4.79 Å². The Morgan fingerprint density at radius 1 is 1.39 bits per heavy atom. The second-order valence-corrected chi connectivity index (χ2v) is 4.84. The van der Waals surface area contributed by atoms with Crippen LogP contribution in [-0.2, 0) is 6.54 Å². The van der Waals surface area contributed by atoms with Gasteiger partial charge in [0.25, 0.3) is 5.91 Å². The molecule has 4 nitrogen and oxygen atoms in total. The Balaban J connectivity index is 2.16. The molecule has 0 saturated heterocycles. The summed E-state index contributed by atoms with van der Waals surface area (Å²) in [5.41, 5.74) is 2.34. The Bertz CT molecular complexity index is 560. The molecule has 1 amide bonds. The van der Waals surface area contributed by atoms with E-state index in [0.717, 1.165) is 22.4 Å². The van der Waals surface area contributed by atoms with Gasteiger partial charge in [-0.3, -0.25) is 9.48 Å². The summed E-state index contributed by atoms with van der Waals surface area (Å²) in [5.74, 6) is -0.124. The average Bonchev–Trinajstić information content (AvgIpc) is 2.71. The zero-order valence-electron chi connectivity index (χ0n) is 10.3. The first-order valence-electron chi connectivity index (χ1n) is 5.71. The summed E-state index contributed by atoms with van der Waals surface area (Å²) in [5, 5.41) is 7.05. The number of aromatic nitrogens is 2. The van der Waals surface area contributed by atoms with Crippen LogP contribution < -0.4 is 5.32 Å². The largest absolute Gasteiger partial charge is 0.319 e. The van der Waals surface area contributed by atoms with Crippen molar-refractivity contribution in [3.63, 3.8) is 0 Å². The van der Waals surface area contributed by atoms with E-state index < -0.39 is 0 Å². The number of rotatable bonds is 3. The second kappa shape index (κ2) is 5.35. The van der Waals surface area contributed by atoms with Crippen LogP contribution in [0.15, 0.2) is 34.9 Å². The molecule has 5 heteroatoms. The average molecular weight is 308 g/mol. The summed E-state index contributed by atoms with van der Waals surface area (Å²) in [4.78, 5) is 12.0. The van der Waals surface area contributed by atoms with Gasteiger partial charge in [0.1, 0.15) is 0 Å². The molecule has 94 valence electrons. The Morgan fingerprint density at radius 2 is 2.06 bits per heavy atom. The topological polar surface area (TPSA) is 46.9 Å². The molecular formula is C13H14BrN3O. The van der Waals surface area contributed by atoms with Gasteiger partial charge < -0.3 is 5.32 Å². The van der Waals surface area contributed by atoms with Crippen molar-refractivity contribution in [2.45, 2.75) is 20.4 Å². The third kappa shape index (κ3) is 2.61. The lowest BCUT2D eigenvalue weighted by molar-refractivity contribution is 0.102. The van der Waals surface area contributed by atoms with Gasteiger partial charge in [-0.25, -0.2) is 0 Å². The van der Waals surface area contributed by atoms with Gasteiger partial charge in [0, 0.05) is 16.6 Å². The maximum atomic E-state index is 12.0. The lowest BCUT2D eigenvalue weighted by atomic mass is 10.2. The predicted octanol–water partition coefficient (Wildman–Crippen LogP) is 3.23. The Kier molecular flexibility index (Phi) is 3.81. The van der Waals surface area contributed by atoms with E-state index in [2.05, 4.69) is 26.3 Å². The van der Waals surface area contributed by atoms with E-state index in [1.807, 2.05) is 30.7 Å². The Morgan fingerprint density at radius 3 is 2.61 bits per heavy atom. The number of nitrogens with one attached hydrogen (secondary N) is 1. The van der Waals surface area contributed by atoms with E-state index in [4.69, 9.17) is 0 Å². The molecule has 0 spiro atoms. The summed E-state index contributed by atoms with van der Waals surface area (Å²) >= 11 is 3.34. The molecular weight excluding hydrogens is 294 g/mol. The van der Waals surface area contributed by atoms with Crippen LogP contribution in [0.4, 0.5) is 5.69 Å². The van der Waals surface area contributed by atoms with Gasteiger partial charge in [-0.05, 0) is 38.1 Å². The van der Waals surface area contributed by atoms with E-state index in [-0.39, 0.29) is 5.91 Å². The minimum atomic E-state index is -0.124. The molecule has 1 heterocycles. The molecule has 2 rings (SSSR count). The monoisotopic (exact) mass is 307 g/mol. The summed E-state index contributed by atoms with van der Waals surface area (Å²) in [6, 6.07) is 7.24. The number of nitrogens with zero attached hydrogens (tertiary/aromatic N) is 2. The van der Waals surface area contributed by atoms with Gasteiger partial charge in [-0.2, -0.15) is 5.10 Å². The number of carbonyl (C=O) groups is 1. The Labute approximate surface area is 114 Å². The lowest BCUT2D eigenvalue weighted by Crippen LogP contribution is -2.12. The number of amides is 1. The van der Waals surface area contributed by atoms with Crippen molar-refractivity contribution in [1.82, 2.24) is 9.78 Å². The minimum absolute atomic E-state index is 0.124. The van der Waals surface area contributed by atoms with E-state index in [1.54, 1.807) is 18.3 Å². The number of anilines is 1. The molecule has 2 aromatic rings. The van der Waals surface area contributed by atoms with Crippen LogP contribution in [0.25, 0.3) is 0 Å². The standard InChI is InChI=1S/C13H14BrN3O/c1-3-17-9(2)12(8-15-17)16-13(18)10-4-6-11(14)7-5-10/h4-8H,3H2,1-2H3,(H,16,18). The SMILES string of the molecule is CCn1ncc(NC(=O)c2ccc(Br)cc2)c1C. The van der Waals surface area contributed by atoms with Crippen molar-refractivity contribution in [1.29, 1.82) is 0 Å². The summed E-state index contributed by atoms with van der Waals surface area (Å²) in [6.07, 6.45) is 1.68. The second-order valence-electron chi connectivity index (χ2n) is 3.92. The van der Waals surface area contributed by atoms with Crippen molar-refractivity contribution in [3.05, 3.63) is 46.2 Å². The van der Waals surface area contributed by atoms with Crippen molar-refractivity contribution >= 4 is 27.5 Å². The van der Waals surface area contributed by atoms with Gasteiger partial charge in [0.15, 0.2) is 0 Å². The third-order valence-electron chi connectivity index (χ3n) is 2.76. The van der Waals surface area contributed by atoms with Crippen LogP contribution in [0.2, 0.25) is 0 Å². The zero-order chi connectivity index (χ0) is 13.1. The van der Waals surface area contributed by atoms with Crippen LogP contribution in [0, 0.1) is 6.92 Å². The van der Waals surface area contributed by atoms with Crippen LogP contribution >= 0.6 is 15.9 Å². The first-order valence-corrected chi connectivity index (χ1v) is 6.50. The number of hydrogen-bond acceptors (Lipinski definition) is 2. The molecule has 18 heavy (non-hydrogen) atoms. The van der Waals surface area contributed by atoms with Crippen LogP contribution in [0.3, 0.4) is 0 Å². The maximum Gasteiger partial charge on any atom is 0.255 e. The highest BCUT2D eigenvalue weighted by atomic mass is 79.9. The molecule has 0 bridgehead atoms. The maximum absolute atomic E-state index is 12.0. The molecule has 0 saturated carbocycles. The van der Waals surface area contributed by atoms with Crippen LogP contribution in [-0.4, -0.2) is 15.7 Å². The molecule has 0 aliphatic rings. The highest BCUT2D eigenvalue weighted by Gasteiger charge is 2.10. The van der Waals surface area contributed by atoms with Gasteiger partial charge >= 0.3 is 0 Å². The van der Waals surface area contributed by atoms with Crippen LogP contribution in [0.5, 0.6) is 0 Å². The molecule has 1 aromatic carbocycles. The molecule has 0 unspecified atom stereocenters. The minimum Gasteiger partial charge on any atom is -0.319 e. The number of halogens is 1. The lowest BCUT2D eigenvalue weighted by Gasteiger charge is -2.05. The van der Waals surface area contributed by atoms with Gasteiger partial charge in [-0.1, -0.05) is 15.9 Å². The molecule has 0 radical (unpaired) electrons. The smallest absolute Gasteiger partial charge is 0.255 e. The normalized spacial score (nSPS) is 10.4. The van der Waals surface area contributed by atoms with Gasteiger partial charge in [0.05, 0.1) is 17.6 Å². The Hall–Kier alpha value is -1.62. The molecule has 1 aromatic heterocycles. The van der Waals surface area contributed by atoms with Crippen molar-refractivity contribution in [3.8, 4) is 0 Å². The van der Waals surface area contributed by atoms with E-state index in [0.29, 0.717) is 5.56 Å². The summed E-state index contributed by atoms with van der Waals surface area (Å²) in [6.45, 7) is 4.74. The number of benzene rings is 1. The van der Waals surface area contributed by atoms with Gasteiger partial charge in [0.2, 0.25) is 0 Å². The van der Waals surface area contributed by atoms with Crippen LogP contribution in [0.1, 0.15) is 23.0 Å². The third-order valence-corrected chi connectivity index (χ3v) is 3.29. The molecule has 0 aliphatic heterocycles. The number of aryl methyl sites for hydroxylation is 1. The van der Waals surface area contributed by atoms with E-state index in [1.165, 1.54) is 0 Å². The summed E-state index contributed by atoms with van der Waals surface area (Å²) in [7, 11) is 0. The zero-order valence-corrected chi connectivity index (χ0v) is 11.9. The van der Waals surface area contributed by atoms with E-state index in [9.17, 15) is 4.79 Å².